The Morgan fingerprint density at radius 2 is 2.12 bits per heavy atom. The summed E-state index contributed by atoms with van der Waals surface area (Å²) in [4.78, 5) is 22.4. The first-order valence-corrected chi connectivity index (χ1v) is 8.45. The van der Waals surface area contributed by atoms with E-state index < -0.39 is 0 Å². The van der Waals surface area contributed by atoms with E-state index in [2.05, 4.69) is 32.2 Å². The molecule has 0 aliphatic carbocycles. The van der Waals surface area contributed by atoms with Gasteiger partial charge in [-0.2, -0.15) is 0 Å². The molecular weight excluding hydrogens is 308 g/mol. The topological polar surface area (TPSA) is 77.2 Å². The molecule has 1 saturated heterocycles. The molecule has 1 fully saturated rings. The number of nitrogens with zero attached hydrogens (tertiary/aromatic N) is 5. The zero-order valence-corrected chi connectivity index (χ0v) is 14.9. The summed E-state index contributed by atoms with van der Waals surface area (Å²) < 4.78 is 4.88. The number of hydrogen-bond donors (Lipinski definition) is 1. The second kappa shape index (κ2) is 9.27. The highest BCUT2D eigenvalue weighted by Gasteiger charge is 2.20. The van der Waals surface area contributed by atoms with E-state index in [4.69, 9.17) is 4.52 Å². The second-order valence-corrected chi connectivity index (χ2v) is 6.11. The van der Waals surface area contributed by atoms with Crippen LogP contribution in [-0.2, 0) is 11.3 Å². The SMILES string of the molecule is CCCNC(=NCC(=O)N(C)C)N1CCN(Cc2ccon2)CC1. The number of nitrogens with one attached hydrogen (secondary N) is 1. The molecule has 0 unspecified atom stereocenters. The molecule has 2 rings (SSSR count). The fourth-order valence-electron chi connectivity index (χ4n) is 2.45. The Kier molecular flexibility index (Phi) is 7.05. The van der Waals surface area contributed by atoms with Gasteiger partial charge in [0.2, 0.25) is 5.91 Å². The highest BCUT2D eigenvalue weighted by atomic mass is 16.5. The summed E-state index contributed by atoms with van der Waals surface area (Å²) in [5, 5.41) is 7.31. The Morgan fingerprint density at radius 1 is 1.38 bits per heavy atom. The number of hydrogen-bond acceptors (Lipinski definition) is 5. The van der Waals surface area contributed by atoms with Crippen molar-refractivity contribution in [3.8, 4) is 0 Å². The van der Waals surface area contributed by atoms with Crippen LogP contribution in [0, 0.1) is 0 Å². The third kappa shape index (κ3) is 5.52. The van der Waals surface area contributed by atoms with Crippen LogP contribution in [0.3, 0.4) is 0 Å². The van der Waals surface area contributed by atoms with Gasteiger partial charge in [-0.1, -0.05) is 12.1 Å². The molecule has 1 N–H and O–H groups in total. The Balaban J connectivity index is 1.88. The lowest BCUT2D eigenvalue weighted by atomic mass is 10.3. The fourth-order valence-corrected chi connectivity index (χ4v) is 2.45. The van der Waals surface area contributed by atoms with E-state index in [9.17, 15) is 4.79 Å². The number of aromatic nitrogens is 1. The Labute approximate surface area is 143 Å². The lowest BCUT2D eigenvalue weighted by Gasteiger charge is -2.36. The molecule has 134 valence electrons. The van der Waals surface area contributed by atoms with E-state index in [1.807, 2.05) is 6.07 Å². The van der Waals surface area contributed by atoms with Crippen molar-refractivity contribution in [2.45, 2.75) is 19.9 Å². The summed E-state index contributed by atoms with van der Waals surface area (Å²) in [6.45, 7) is 7.58. The molecule has 0 spiro atoms. The van der Waals surface area contributed by atoms with Crippen molar-refractivity contribution in [1.29, 1.82) is 0 Å². The normalized spacial score (nSPS) is 16.3. The first-order chi connectivity index (χ1) is 11.6. The Bertz CT molecular complexity index is 521. The largest absolute Gasteiger partial charge is 0.364 e. The quantitative estimate of drug-likeness (QED) is 0.592. The van der Waals surface area contributed by atoms with E-state index >= 15 is 0 Å². The second-order valence-electron chi connectivity index (χ2n) is 6.11. The van der Waals surface area contributed by atoms with E-state index in [-0.39, 0.29) is 12.5 Å². The third-order valence-electron chi connectivity index (χ3n) is 3.94. The summed E-state index contributed by atoms with van der Waals surface area (Å²) in [6.07, 6.45) is 2.62. The van der Waals surface area contributed by atoms with Crippen LogP contribution < -0.4 is 5.32 Å². The van der Waals surface area contributed by atoms with Gasteiger partial charge < -0.3 is 19.6 Å². The standard InChI is InChI=1S/C16H28N6O2/c1-4-6-17-16(18-12-15(23)20(2)3)22-9-7-21(8-10-22)13-14-5-11-24-19-14/h5,11H,4,6-10,12-13H2,1-3H3,(H,17,18). The molecule has 1 amide bonds. The molecule has 8 nitrogen and oxygen atoms in total. The molecule has 0 atom stereocenters. The molecular formula is C16H28N6O2. The van der Waals surface area contributed by atoms with Crippen LogP contribution in [0.15, 0.2) is 21.8 Å². The summed E-state index contributed by atoms with van der Waals surface area (Å²) in [6, 6.07) is 1.90. The number of likely N-dealkylation sites (N-methyl/N-ethyl adjacent to an activating group) is 1. The number of aliphatic imine (C=N–C) groups is 1. The molecule has 8 heteroatoms. The van der Waals surface area contributed by atoms with E-state index in [0.29, 0.717) is 0 Å². The van der Waals surface area contributed by atoms with Gasteiger partial charge in [0.15, 0.2) is 5.96 Å². The summed E-state index contributed by atoms with van der Waals surface area (Å²) in [5.41, 5.74) is 0.957. The van der Waals surface area contributed by atoms with Crippen LogP contribution in [0.25, 0.3) is 0 Å². The zero-order valence-electron chi connectivity index (χ0n) is 14.9. The number of rotatable bonds is 6. The van der Waals surface area contributed by atoms with E-state index in [1.54, 1.807) is 25.3 Å². The van der Waals surface area contributed by atoms with Crippen LogP contribution in [0.2, 0.25) is 0 Å². The molecule has 0 bridgehead atoms. The van der Waals surface area contributed by atoms with Crippen molar-refractivity contribution >= 4 is 11.9 Å². The monoisotopic (exact) mass is 336 g/mol. The van der Waals surface area contributed by atoms with Crippen molar-refractivity contribution in [3.05, 3.63) is 18.0 Å². The van der Waals surface area contributed by atoms with Crippen LogP contribution in [-0.4, -0.2) is 85.1 Å². The molecule has 24 heavy (non-hydrogen) atoms. The van der Waals surface area contributed by atoms with Gasteiger partial charge in [0, 0.05) is 59.4 Å². The van der Waals surface area contributed by atoms with Crippen LogP contribution in [0.4, 0.5) is 0 Å². The molecule has 0 radical (unpaired) electrons. The van der Waals surface area contributed by atoms with Gasteiger partial charge in [-0.15, -0.1) is 0 Å². The van der Waals surface area contributed by atoms with Gasteiger partial charge in [0.05, 0.1) is 5.69 Å². The average Bonchev–Trinajstić information content (AvgIpc) is 3.08. The third-order valence-corrected chi connectivity index (χ3v) is 3.94. The maximum atomic E-state index is 11.8. The number of carbonyl (C=O) groups excluding carboxylic acids is 1. The van der Waals surface area contributed by atoms with Crippen LogP contribution in [0.5, 0.6) is 0 Å². The van der Waals surface area contributed by atoms with Crippen molar-refractivity contribution in [3.63, 3.8) is 0 Å². The van der Waals surface area contributed by atoms with Gasteiger partial charge >= 0.3 is 0 Å². The zero-order chi connectivity index (χ0) is 17.4. The van der Waals surface area contributed by atoms with Gasteiger partial charge in [0.1, 0.15) is 12.8 Å². The Hall–Kier alpha value is -2.09. The number of carbonyl (C=O) groups is 1. The highest BCUT2D eigenvalue weighted by molar-refractivity contribution is 5.84. The lowest BCUT2D eigenvalue weighted by Crippen LogP contribution is -2.52. The number of amides is 1. The molecule has 0 saturated carbocycles. The van der Waals surface area contributed by atoms with Crippen molar-refractivity contribution < 1.29 is 9.32 Å². The minimum Gasteiger partial charge on any atom is -0.364 e. The van der Waals surface area contributed by atoms with Gasteiger partial charge in [-0.25, -0.2) is 4.99 Å². The predicted octanol–water partition coefficient (Wildman–Crippen LogP) is 0.236. The maximum absolute atomic E-state index is 11.8. The first kappa shape index (κ1) is 18.3. The van der Waals surface area contributed by atoms with E-state index in [1.165, 1.54) is 0 Å². The predicted molar refractivity (Wildman–Crippen MR) is 92.6 cm³/mol. The lowest BCUT2D eigenvalue weighted by molar-refractivity contribution is -0.127. The van der Waals surface area contributed by atoms with Crippen LogP contribution in [0.1, 0.15) is 19.0 Å². The number of piperazine rings is 1. The smallest absolute Gasteiger partial charge is 0.243 e. The van der Waals surface area contributed by atoms with Gasteiger partial charge in [-0.05, 0) is 6.42 Å². The van der Waals surface area contributed by atoms with Crippen molar-refractivity contribution in [2.24, 2.45) is 4.99 Å². The van der Waals surface area contributed by atoms with Gasteiger partial charge in [-0.3, -0.25) is 9.69 Å². The van der Waals surface area contributed by atoms with Crippen molar-refractivity contribution in [1.82, 2.24) is 25.2 Å². The average molecular weight is 336 g/mol. The first-order valence-electron chi connectivity index (χ1n) is 8.45. The molecule has 2 heterocycles. The maximum Gasteiger partial charge on any atom is 0.243 e. The van der Waals surface area contributed by atoms with Gasteiger partial charge in [0.25, 0.3) is 0 Å². The van der Waals surface area contributed by atoms with Crippen LogP contribution >= 0.6 is 0 Å². The minimum atomic E-state index is 0.00969. The van der Waals surface area contributed by atoms with E-state index in [0.717, 1.165) is 57.3 Å². The molecule has 1 aromatic heterocycles. The number of guanidine groups is 1. The van der Waals surface area contributed by atoms with Crippen molar-refractivity contribution in [2.75, 3.05) is 53.4 Å². The molecule has 0 aromatic carbocycles. The molecule has 1 aliphatic rings. The molecule has 1 aliphatic heterocycles. The Morgan fingerprint density at radius 3 is 2.71 bits per heavy atom. The summed E-state index contributed by atoms with van der Waals surface area (Å²) in [5.74, 6) is 0.837. The summed E-state index contributed by atoms with van der Waals surface area (Å²) >= 11 is 0. The fraction of sp³-hybridized carbons (Fsp3) is 0.688. The minimum absolute atomic E-state index is 0.00969. The summed E-state index contributed by atoms with van der Waals surface area (Å²) in [7, 11) is 3.50. The molecule has 1 aromatic rings. The highest BCUT2D eigenvalue weighted by Crippen LogP contribution is 2.07.